The standard InChI is InChI=1S/C15H15F4NO/c16-9-6-7-10(12(8-9)15(17,18)19)14-11-4-2-1-3-5-13(11)21-20-14/h6-8,11,13H,1-5H2/t11-,13+/m1/s1. The van der Waals surface area contributed by atoms with Gasteiger partial charge in [-0.25, -0.2) is 4.39 Å². The summed E-state index contributed by atoms with van der Waals surface area (Å²) in [5.74, 6) is -1.03. The van der Waals surface area contributed by atoms with Crippen LogP contribution in [0.4, 0.5) is 17.6 Å². The van der Waals surface area contributed by atoms with Gasteiger partial charge in [-0.05, 0) is 37.5 Å². The molecule has 0 amide bonds. The molecule has 114 valence electrons. The van der Waals surface area contributed by atoms with E-state index in [-0.39, 0.29) is 17.6 Å². The van der Waals surface area contributed by atoms with Crippen LogP contribution in [-0.2, 0) is 11.0 Å². The van der Waals surface area contributed by atoms with Crippen LogP contribution in [0, 0.1) is 11.7 Å². The van der Waals surface area contributed by atoms with Crippen LogP contribution in [-0.4, -0.2) is 11.8 Å². The molecule has 1 aromatic carbocycles. The fourth-order valence-corrected chi connectivity index (χ4v) is 3.13. The van der Waals surface area contributed by atoms with Gasteiger partial charge < -0.3 is 4.84 Å². The molecule has 6 heteroatoms. The van der Waals surface area contributed by atoms with Crippen molar-refractivity contribution in [2.24, 2.45) is 11.1 Å². The Bertz CT molecular complexity index is 567. The van der Waals surface area contributed by atoms with Crippen LogP contribution in [0.3, 0.4) is 0 Å². The lowest BCUT2D eigenvalue weighted by Gasteiger charge is -2.18. The Morgan fingerprint density at radius 1 is 1.10 bits per heavy atom. The highest BCUT2D eigenvalue weighted by Gasteiger charge is 2.41. The molecular weight excluding hydrogens is 286 g/mol. The van der Waals surface area contributed by atoms with Crippen LogP contribution >= 0.6 is 0 Å². The molecule has 0 saturated heterocycles. The van der Waals surface area contributed by atoms with E-state index in [0.29, 0.717) is 11.8 Å². The second-order valence-corrected chi connectivity index (χ2v) is 5.55. The highest BCUT2D eigenvalue weighted by Crippen LogP contribution is 2.38. The Balaban J connectivity index is 2.01. The Hall–Kier alpha value is -1.59. The van der Waals surface area contributed by atoms with Gasteiger partial charge in [0.2, 0.25) is 0 Å². The van der Waals surface area contributed by atoms with E-state index in [0.717, 1.165) is 44.2 Å². The first kappa shape index (κ1) is 14.4. The van der Waals surface area contributed by atoms with Gasteiger partial charge in [0, 0.05) is 11.5 Å². The minimum atomic E-state index is -4.61. The van der Waals surface area contributed by atoms with Crippen molar-refractivity contribution in [3.05, 3.63) is 35.1 Å². The molecule has 0 N–H and O–H groups in total. The first-order chi connectivity index (χ1) is 9.97. The zero-order valence-electron chi connectivity index (χ0n) is 11.3. The van der Waals surface area contributed by atoms with Crippen molar-refractivity contribution in [1.82, 2.24) is 0 Å². The minimum Gasteiger partial charge on any atom is -0.392 e. The molecule has 0 spiro atoms. The number of oxime groups is 1. The van der Waals surface area contributed by atoms with E-state index in [4.69, 9.17) is 4.84 Å². The predicted octanol–water partition coefficient (Wildman–Crippen LogP) is 4.53. The molecule has 3 rings (SSSR count). The monoisotopic (exact) mass is 301 g/mol. The van der Waals surface area contributed by atoms with Gasteiger partial charge in [0.05, 0.1) is 11.3 Å². The molecule has 1 aliphatic heterocycles. The molecule has 1 aliphatic carbocycles. The molecule has 1 aromatic rings. The Morgan fingerprint density at radius 3 is 2.62 bits per heavy atom. The maximum Gasteiger partial charge on any atom is 0.417 e. The molecule has 1 heterocycles. The lowest BCUT2D eigenvalue weighted by atomic mass is 9.87. The van der Waals surface area contributed by atoms with Gasteiger partial charge in [-0.2, -0.15) is 13.2 Å². The van der Waals surface area contributed by atoms with Gasteiger partial charge in [-0.15, -0.1) is 0 Å². The number of hydrogen-bond acceptors (Lipinski definition) is 2. The summed E-state index contributed by atoms with van der Waals surface area (Å²) < 4.78 is 52.6. The highest BCUT2D eigenvalue weighted by molar-refractivity contribution is 6.04. The van der Waals surface area contributed by atoms with Gasteiger partial charge in [-0.3, -0.25) is 0 Å². The van der Waals surface area contributed by atoms with Crippen molar-refractivity contribution >= 4 is 5.71 Å². The van der Waals surface area contributed by atoms with E-state index >= 15 is 0 Å². The van der Waals surface area contributed by atoms with Crippen LogP contribution in [0.25, 0.3) is 0 Å². The Labute approximate surface area is 119 Å². The summed E-state index contributed by atoms with van der Waals surface area (Å²) in [6.45, 7) is 0. The van der Waals surface area contributed by atoms with Gasteiger partial charge in [0.25, 0.3) is 0 Å². The molecule has 0 radical (unpaired) electrons. The average molecular weight is 301 g/mol. The van der Waals surface area contributed by atoms with Crippen LogP contribution in [0.1, 0.15) is 43.2 Å². The van der Waals surface area contributed by atoms with Gasteiger partial charge >= 0.3 is 6.18 Å². The number of nitrogens with zero attached hydrogens (tertiary/aromatic N) is 1. The zero-order valence-corrected chi connectivity index (χ0v) is 11.3. The molecule has 0 unspecified atom stereocenters. The zero-order chi connectivity index (χ0) is 15.0. The first-order valence-corrected chi connectivity index (χ1v) is 7.07. The van der Waals surface area contributed by atoms with Gasteiger partial charge in [0.15, 0.2) is 0 Å². The fraction of sp³-hybridized carbons (Fsp3) is 0.533. The lowest BCUT2D eigenvalue weighted by Crippen LogP contribution is -2.25. The third-order valence-electron chi connectivity index (χ3n) is 4.15. The normalized spacial score (nSPS) is 25.8. The van der Waals surface area contributed by atoms with Crippen LogP contribution < -0.4 is 0 Å². The average Bonchev–Trinajstić information content (AvgIpc) is 2.66. The summed E-state index contributed by atoms with van der Waals surface area (Å²) in [5.41, 5.74) is -0.720. The molecule has 2 aliphatic rings. The summed E-state index contributed by atoms with van der Waals surface area (Å²) >= 11 is 0. The molecule has 0 bridgehead atoms. The van der Waals surface area contributed by atoms with E-state index in [2.05, 4.69) is 5.16 Å². The topological polar surface area (TPSA) is 21.6 Å². The number of halogens is 4. The number of hydrogen-bond donors (Lipinski definition) is 0. The largest absolute Gasteiger partial charge is 0.417 e. The van der Waals surface area contributed by atoms with E-state index < -0.39 is 17.6 Å². The van der Waals surface area contributed by atoms with Gasteiger partial charge in [0.1, 0.15) is 11.9 Å². The maximum atomic E-state index is 13.2. The molecule has 2 nitrogen and oxygen atoms in total. The molecule has 1 saturated carbocycles. The SMILES string of the molecule is Fc1ccc(C2=NO[C@H]3CCCCC[C@@H]23)c(C(F)(F)F)c1. The van der Waals surface area contributed by atoms with E-state index in [1.54, 1.807) is 0 Å². The molecule has 1 fully saturated rings. The van der Waals surface area contributed by atoms with E-state index in [1.165, 1.54) is 0 Å². The van der Waals surface area contributed by atoms with Crippen molar-refractivity contribution < 1.29 is 22.4 Å². The van der Waals surface area contributed by atoms with Crippen molar-refractivity contribution in [2.75, 3.05) is 0 Å². The van der Waals surface area contributed by atoms with Crippen molar-refractivity contribution in [3.8, 4) is 0 Å². The molecule has 0 aromatic heterocycles. The van der Waals surface area contributed by atoms with Crippen molar-refractivity contribution in [3.63, 3.8) is 0 Å². The summed E-state index contributed by atoms with van der Waals surface area (Å²) in [4.78, 5) is 5.33. The molecular formula is C15H15F4NO. The van der Waals surface area contributed by atoms with Crippen LogP contribution in [0.15, 0.2) is 23.4 Å². The number of benzene rings is 1. The summed E-state index contributed by atoms with van der Waals surface area (Å²) in [6, 6.07) is 2.73. The second kappa shape index (κ2) is 5.31. The number of alkyl halides is 3. The maximum absolute atomic E-state index is 13.2. The van der Waals surface area contributed by atoms with E-state index in [1.807, 2.05) is 0 Å². The quantitative estimate of drug-likeness (QED) is 0.698. The summed E-state index contributed by atoms with van der Waals surface area (Å²) in [6.07, 6.45) is -0.181. The Kier molecular flexibility index (Phi) is 3.63. The smallest absolute Gasteiger partial charge is 0.392 e. The summed E-state index contributed by atoms with van der Waals surface area (Å²) in [7, 11) is 0. The first-order valence-electron chi connectivity index (χ1n) is 7.07. The van der Waals surface area contributed by atoms with Crippen molar-refractivity contribution in [1.29, 1.82) is 0 Å². The third-order valence-corrected chi connectivity index (χ3v) is 4.15. The minimum absolute atomic E-state index is 0.0571. The summed E-state index contributed by atoms with van der Waals surface area (Å²) in [5, 5.41) is 3.89. The van der Waals surface area contributed by atoms with Gasteiger partial charge in [-0.1, -0.05) is 18.0 Å². The number of rotatable bonds is 1. The van der Waals surface area contributed by atoms with Crippen molar-refractivity contribution in [2.45, 2.75) is 44.4 Å². The lowest BCUT2D eigenvalue weighted by molar-refractivity contribution is -0.137. The molecule has 21 heavy (non-hydrogen) atoms. The van der Waals surface area contributed by atoms with E-state index in [9.17, 15) is 17.6 Å². The second-order valence-electron chi connectivity index (χ2n) is 5.55. The number of fused-ring (bicyclic) bond motifs is 1. The Morgan fingerprint density at radius 2 is 1.86 bits per heavy atom. The third kappa shape index (κ3) is 2.76. The highest BCUT2D eigenvalue weighted by atomic mass is 19.4. The van der Waals surface area contributed by atoms with Crippen LogP contribution in [0.5, 0.6) is 0 Å². The fourth-order valence-electron chi connectivity index (χ4n) is 3.13. The molecule has 2 atom stereocenters. The van der Waals surface area contributed by atoms with Crippen LogP contribution in [0.2, 0.25) is 0 Å². The predicted molar refractivity (Wildman–Crippen MR) is 69.4 cm³/mol.